The van der Waals surface area contributed by atoms with Crippen LogP contribution in [0.4, 0.5) is 17.3 Å². The van der Waals surface area contributed by atoms with Crippen LogP contribution in [-0.4, -0.2) is 34.7 Å². The van der Waals surface area contributed by atoms with Crippen LogP contribution >= 0.6 is 0 Å². The quantitative estimate of drug-likeness (QED) is 0.403. The van der Waals surface area contributed by atoms with Crippen LogP contribution in [-0.2, 0) is 0 Å². The van der Waals surface area contributed by atoms with E-state index in [0.717, 1.165) is 6.42 Å². The van der Waals surface area contributed by atoms with E-state index >= 15 is 0 Å². The van der Waals surface area contributed by atoms with Gasteiger partial charge in [0.1, 0.15) is 5.82 Å². The zero-order valence-corrected chi connectivity index (χ0v) is 10.5. The van der Waals surface area contributed by atoms with E-state index in [1.165, 1.54) is 12.1 Å². The highest BCUT2D eigenvalue weighted by Crippen LogP contribution is 2.32. The van der Waals surface area contributed by atoms with Crippen molar-refractivity contribution in [2.75, 3.05) is 30.0 Å². The summed E-state index contributed by atoms with van der Waals surface area (Å²) in [5.41, 5.74) is 2.37. The van der Waals surface area contributed by atoms with Gasteiger partial charge in [-0.05, 0) is 24.8 Å². The van der Waals surface area contributed by atoms with Crippen molar-refractivity contribution in [1.82, 2.24) is 4.98 Å². The molecular weight excluding hydrogens is 250 g/mol. The molecule has 1 aromatic heterocycles. The van der Waals surface area contributed by atoms with Gasteiger partial charge in [-0.2, -0.15) is 0 Å². The second-order valence-corrected chi connectivity index (χ2v) is 4.55. The van der Waals surface area contributed by atoms with Crippen molar-refractivity contribution in [2.24, 2.45) is 11.8 Å². The topological polar surface area (TPSA) is 118 Å². The molecule has 0 radical (unpaired) electrons. The zero-order chi connectivity index (χ0) is 13.8. The summed E-state index contributed by atoms with van der Waals surface area (Å²) in [6.45, 7) is 1.51. The number of pyridine rings is 1. The van der Waals surface area contributed by atoms with Crippen molar-refractivity contribution < 1.29 is 10.0 Å². The van der Waals surface area contributed by atoms with Crippen molar-refractivity contribution in [2.45, 2.75) is 12.8 Å². The maximum absolute atomic E-state index is 11.0. The third kappa shape index (κ3) is 2.91. The van der Waals surface area contributed by atoms with E-state index in [9.17, 15) is 10.1 Å². The first-order valence-corrected chi connectivity index (χ1v) is 6.13. The molecule has 0 amide bonds. The third-order valence-electron chi connectivity index (χ3n) is 3.32. The summed E-state index contributed by atoms with van der Waals surface area (Å²) in [7, 11) is 0. The van der Waals surface area contributed by atoms with Gasteiger partial charge in [0, 0.05) is 25.8 Å². The summed E-state index contributed by atoms with van der Waals surface area (Å²) in [5.74, 6) is 6.36. The molecule has 4 N–H and O–H groups in total. The minimum atomic E-state index is -0.442. The van der Waals surface area contributed by atoms with E-state index in [1.54, 1.807) is 0 Å². The molecule has 2 heterocycles. The highest BCUT2D eigenvalue weighted by Gasteiger charge is 2.28. The monoisotopic (exact) mass is 267 g/mol. The standard InChI is InChI=1S/C11H17N5O3/c12-14-10-2-1-9(16(18)19)11(13-10)15-5-3-8(7-15)4-6-17/h1-2,8,17H,3-7,12H2,(H,13,14). The molecule has 1 aromatic rings. The fourth-order valence-corrected chi connectivity index (χ4v) is 2.34. The zero-order valence-electron chi connectivity index (χ0n) is 10.5. The van der Waals surface area contributed by atoms with Crippen LogP contribution in [0.2, 0.25) is 0 Å². The van der Waals surface area contributed by atoms with Crippen LogP contribution < -0.4 is 16.2 Å². The van der Waals surface area contributed by atoms with Crippen LogP contribution in [0.3, 0.4) is 0 Å². The van der Waals surface area contributed by atoms with Crippen molar-refractivity contribution in [3.8, 4) is 0 Å². The Morgan fingerprint density at radius 2 is 2.42 bits per heavy atom. The highest BCUT2D eigenvalue weighted by atomic mass is 16.6. The van der Waals surface area contributed by atoms with Crippen molar-refractivity contribution in [3.05, 3.63) is 22.2 Å². The first-order valence-electron chi connectivity index (χ1n) is 6.13. The van der Waals surface area contributed by atoms with Gasteiger partial charge in [0.15, 0.2) is 0 Å². The fourth-order valence-electron chi connectivity index (χ4n) is 2.34. The number of nitrogen functional groups attached to an aromatic ring is 1. The molecule has 1 saturated heterocycles. The fraction of sp³-hybridized carbons (Fsp3) is 0.545. The first kappa shape index (κ1) is 13.5. The second-order valence-electron chi connectivity index (χ2n) is 4.55. The minimum absolute atomic E-state index is 0.0244. The van der Waals surface area contributed by atoms with Gasteiger partial charge in [0.25, 0.3) is 0 Å². The largest absolute Gasteiger partial charge is 0.396 e. The smallest absolute Gasteiger partial charge is 0.311 e. The van der Waals surface area contributed by atoms with Crippen molar-refractivity contribution >= 4 is 17.3 Å². The summed E-state index contributed by atoms with van der Waals surface area (Å²) in [4.78, 5) is 16.6. The molecular formula is C11H17N5O3. The number of nitrogens with two attached hydrogens (primary N) is 1. The van der Waals surface area contributed by atoms with Gasteiger partial charge in [0.2, 0.25) is 5.82 Å². The number of hydrogen-bond acceptors (Lipinski definition) is 7. The summed E-state index contributed by atoms with van der Waals surface area (Å²) >= 11 is 0. The van der Waals surface area contributed by atoms with E-state index in [2.05, 4.69) is 10.4 Å². The van der Waals surface area contributed by atoms with Crippen molar-refractivity contribution in [1.29, 1.82) is 0 Å². The highest BCUT2D eigenvalue weighted by molar-refractivity contribution is 5.62. The molecule has 1 aliphatic rings. The number of hydrogen-bond donors (Lipinski definition) is 3. The lowest BCUT2D eigenvalue weighted by Gasteiger charge is -2.18. The third-order valence-corrected chi connectivity index (χ3v) is 3.32. The summed E-state index contributed by atoms with van der Waals surface area (Å²) in [6, 6.07) is 2.87. The molecule has 0 spiro atoms. The molecule has 8 nitrogen and oxygen atoms in total. The number of aliphatic hydroxyl groups is 1. The molecule has 19 heavy (non-hydrogen) atoms. The Morgan fingerprint density at radius 1 is 1.63 bits per heavy atom. The summed E-state index contributed by atoms with van der Waals surface area (Å²) in [6.07, 6.45) is 1.61. The predicted octanol–water partition coefficient (Wildman–Crippen LogP) is 0.484. The Morgan fingerprint density at radius 3 is 3.05 bits per heavy atom. The SMILES string of the molecule is NNc1ccc([N+](=O)[O-])c(N2CCC(CCO)C2)n1. The summed E-state index contributed by atoms with van der Waals surface area (Å²) < 4.78 is 0. The van der Waals surface area contributed by atoms with Gasteiger partial charge in [-0.3, -0.25) is 10.1 Å². The molecule has 1 fully saturated rings. The number of aliphatic hydroxyl groups excluding tert-OH is 1. The average Bonchev–Trinajstić information content (AvgIpc) is 2.87. The lowest BCUT2D eigenvalue weighted by atomic mass is 10.1. The Labute approximate surface area is 110 Å². The Bertz CT molecular complexity index is 468. The van der Waals surface area contributed by atoms with E-state index in [4.69, 9.17) is 10.9 Å². The second kappa shape index (κ2) is 5.81. The van der Waals surface area contributed by atoms with Crippen LogP contribution in [0, 0.1) is 16.0 Å². The molecule has 1 aliphatic heterocycles. The molecule has 1 atom stereocenters. The molecule has 104 valence electrons. The number of nitrogens with zero attached hydrogens (tertiary/aromatic N) is 3. The summed E-state index contributed by atoms with van der Waals surface area (Å²) in [5, 5.41) is 20.0. The molecule has 1 unspecified atom stereocenters. The number of aromatic nitrogens is 1. The molecule has 0 saturated carbocycles. The van der Waals surface area contributed by atoms with Crippen molar-refractivity contribution in [3.63, 3.8) is 0 Å². The first-order chi connectivity index (χ1) is 9.15. The van der Waals surface area contributed by atoms with E-state index in [0.29, 0.717) is 37.1 Å². The normalized spacial score (nSPS) is 18.6. The van der Waals surface area contributed by atoms with Gasteiger partial charge in [0.05, 0.1) is 4.92 Å². The Balaban J connectivity index is 2.25. The van der Waals surface area contributed by atoms with Crippen LogP contribution in [0.5, 0.6) is 0 Å². The van der Waals surface area contributed by atoms with Crippen LogP contribution in [0.1, 0.15) is 12.8 Å². The predicted molar refractivity (Wildman–Crippen MR) is 70.7 cm³/mol. The maximum Gasteiger partial charge on any atom is 0.311 e. The van der Waals surface area contributed by atoms with E-state index in [1.807, 2.05) is 4.90 Å². The van der Waals surface area contributed by atoms with Gasteiger partial charge in [-0.15, -0.1) is 0 Å². The van der Waals surface area contributed by atoms with E-state index < -0.39 is 4.92 Å². The van der Waals surface area contributed by atoms with Crippen LogP contribution in [0.25, 0.3) is 0 Å². The average molecular weight is 267 g/mol. The number of hydrazine groups is 1. The number of nitro groups is 1. The van der Waals surface area contributed by atoms with Gasteiger partial charge in [-0.1, -0.05) is 0 Å². The minimum Gasteiger partial charge on any atom is -0.396 e. The van der Waals surface area contributed by atoms with E-state index in [-0.39, 0.29) is 12.3 Å². The lowest BCUT2D eigenvalue weighted by molar-refractivity contribution is -0.384. The van der Waals surface area contributed by atoms with Crippen LogP contribution in [0.15, 0.2) is 12.1 Å². The Kier molecular flexibility index (Phi) is 4.13. The number of rotatable bonds is 5. The molecule has 0 aromatic carbocycles. The molecule has 0 aliphatic carbocycles. The lowest BCUT2D eigenvalue weighted by Crippen LogP contribution is -2.23. The molecule has 2 rings (SSSR count). The maximum atomic E-state index is 11.0. The Hall–Kier alpha value is -1.93. The number of nitrogens with one attached hydrogen (secondary N) is 1. The molecule has 8 heteroatoms. The van der Waals surface area contributed by atoms with Gasteiger partial charge < -0.3 is 15.4 Å². The van der Waals surface area contributed by atoms with Gasteiger partial charge in [-0.25, -0.2) is 10.8 Å². The molecule has 0 bridgehead atoms. The number of anilines is 2. The van der Waals surface area contributed by atoms with Gasteiger partial charge >= 0.3 is 5.69 Å².